The van der Waals surface area contributed by atoms with Crippen LogP contribution in [0.25, 0.3) is 11.1 Å². The fourth-order valence-corrected chi connectivity index (χ4v) is 7.45. The lowest BCUT2D eigenvalue weighted by Crippen LogP contribution is -2.30. The van der Waals surface area contributed by atoms with Crippen molar-refractivity contribution in [2.75, 3.05) is 26.4 Å². The van der Waals surface area contributed by atoms with Crippen LogP contribution in [0.3, 0.4) is 0 Å². The minimum absolute atomic E-state index is 0.00528. The number of fused-ring (bicyclic) bond motifs is 3. The van der Waals surface area contributed by atoms with Crippen molar-refractivity contribution in [3.05, 3.63) is 117 Å². The fourth-order valence-electron chi connectivity index (χ4n) is 7.45. The topological polar surface area (TPSA) is 58.9 Å². The van der Waals surface area contributed by atoms with Gasteiger partial charge in [0.25, 0.3) is 0 Å². The Kier molecular flexibility index (Phi) is 11.0. The summed E-state index contributed by atoms with van der Waals surface area (Å²) in [6.07, 6.45) is 7.63. The molecule has 0 aliphatic heterocycles. The maximum atomic E-state index is 9.67. The van der Waals surface area contributed by atoms with Crippen molar-refractivity contribution in [2.45, 2.75) is 84.5 Å². The molecule has 238 valence electrons. The molecule has 0 bridgehead atoms. The zero-order valence-corrected chi connectivity index (χ0v) is 27.6. The van der Waals surface area contributed by atoms with E-state index in [-0.39, 0.29) is 13.2 Å². The summed E-state index contributed by atoms with van der Waals surface area (Å²) in [4.78, 5) is 0. The van der Waals surface area contributed by atoms with Gasteiger partial charge in [-0.15, -0.1) is 0 Å². The van der Waals surface area contributed by atoms with Gasteiger partial charge in [0.05, 0.1) is 18.6 Å². The van der Waals surface area contributed by atoms with Crippen LogP contribution in [0.1, 0.15) is 97.9 Å². The van der Waals surface area contributed by atoms with E-state index >= 15 is 0 Å². The summed E-state index contributed by atoms with van der Waals surface area (Å²) in [6, 6.07) is 27.4. The second-order valence-electron chi connectivity index (χ2n) is 12.2. The molecule has 0 aromatic heterocycles. The van der Waals surface area contributed by atoms with E-state index in [0.717, 1.165) is 62.9 Å². The van der Waals surface area contributed by atoms with E-state index in [1.165, 1.54) is 55.6 Å². The number of aryl methyl sites for hydroxylation is 4. The van der Waals surface area contributed by atoms with Crippen LogP contribution in [0, 0.1) is 0 Å². The standard InChI is InChI=1S/C41H50O4/c1-5-13-29-25-33(26-30(14-6-2)39(29)44-23-21-42)41(37-19-11-9-17-35(37)36-18-10-12-20-38(36)41)34-27-31(15-7-3)40(45-24-22-43)32(28-34)16-8-4/h9-12,17-20,25-28,42-43H,5-8,13-16,21-24H2,1-4H3. The van der Waals surface area contributed by atoms with E-state index in [0.29, 0.717) is 13.2 Å². The minimum Gasteiger partial charge on any atom is -0.491 e. The maximum Gasteiger partial charge on any atom is 0.125 e. The Bertz CT molecular complexity index is 1410. The Morgan fingerprint density at radius 2 is 0.844 bits per heavy atom. The quantitative estimate of drug-likeness (QED) is 0.118. The number of benzene rings is 4. The van der Waals surface area contributed by atoms with Gasteiger partial charge < -0.3 is 19.7 Å². The van der Waals surface area contributed by atoms with Crippen LogP contribution in [0.5, 0.6) is 11.5 Å². The molecule has 0 atom stereocenters. The highest BCUT2D eigenvalue weighted by molar-refractivity contribution is 5.86. The SMILES string of the molecule is CCCc1cc(C2(c3cc(CCC)c(OCCO)c(CCC)c3)c3ccccc3-c3ccccc32)cc(CCC)c1OCCO. The number of rotatable bonds is 16. The summed E-state index contributed by atoms with van der Waals surface area (Å²) in [7, 11) is 0. The summed E-state index contributed by atoms with van der Waals surface area (Å²) in [5, 5.41) is 19.3. The third-order valence-electron chi connectivity index (χ3n) is 9.06. The van der Waals surface area contributed by atoms with E-state index in [1.54, 1.807) is 0 Å². The predicted molar refractivity (Wildman–Crippen MR) is 185 cm³/mol. The summed E-state index contributed by atoms with van der Waals surface area (Å²) >= 11 is 0. The Labute approximate surface area is 270 Å². The van der Waals surface area contributed by atoms with Crippen LogP contribution in [0.2, 0.25) is 0 Å². The smallest absolute Gasteiger partial charge is 0.125 e. The van der Waals surface area contributed by atoms with Gasteiger partial charge in [0.1, 0.15) is 24.7 Å². The second kappa shape index (κ2) is 15.1. The lowest BCUT2D eigenvalue weighted by molar-refractivity contribution is 0.199. The molecule has 1 aliphatic rings. The van der Waals surface area contributed by atoms with Crippen molar-refractivity contribution < 1.29 is 19.7 Å². The van der Waals surface area contributed by atoms with Gasteiger partial charge in [-0.1, -0.05) is 126 Å². The molecule has 0 radical (unpaired) electrons. The molecule has 0 heterocycles. The highest BCUT2D eigenvalue weighted by Crippen LogP contribution is 2.57. The molecule has 0 saturated carbocycles. The molecule has 0 saturated heterocycles. The largest absolute Gasteiger partial charge is 0.491 e. The molecule has 4 aromatic rings. The van der Waals surface area contributed by atoms with Crippen molar-refractivity contribution in [3.8, 4) is 22.6 Å². The highest BCUT2D eigenvalue weighted by Gasteiger charge is 2.47. The summed E-state index contributed by atoms with van der Waals surface area (Å²) < 4.78 is 12.6. The first-order chi connectivity index (χ1) is 22.1. The molecule has 0 unspecified atom stereocenters. The van der Waals surface area contributed by atoms with Gasteiger partial charge in [0.15, 0.2) is 0 Å². The van der Waals surface area contributed by atoms with E-state index in [1.807, 2.05) is 0 Å². The van der Waals surface area contributed by atoms with Gasteiger partial charge in [-0.3, -0.25) is 0 Å². The monoisotopic (exact) mass is 606 g/mol. The third kappa shape index (κ3) is 6.15. The summed E-state index contributed by atoms with van der Waals surface area (Å²) in [5.74, 6) is 1.88. The van der Waals surface area contributed by atoms with E-state index in [4.69, 9.17) is 9.47 Å². The van der Waals surface area contributed by atoms with Gasteiger partial charge in [-0.25, -0.2) is 0 Å². The van der Waals surface area contributed by atoms with Crippen molar-refractivity contribution in [3.63, 3.8) is 0 Å². The zero-order chi connectivity index (χ0) is 31.8. The molecule has 4 heteroatoms. The lowest BCUT2D eigenvalue weighted by Gasteiger charge is -2.36. The van der Waals surface area contributed by atoms with Crippen LogP contribution < -0.4 is 9.47 Å². The Balaban J connectivity index is 1.92. The predicted octanol–water partition coefficient (Wildman–Crippen LogP) is 8.60. The van der Waals surface area contributed by atoms with E-state index in [2.05, 4.69) is 100 Å². The first kappa shape index (κ1) is 32.8. The van der Waals surface area contributed by atoms with Crippen molar-refractivity contribution in [1.82, 2.24) is 0 Å². The number of hydrogen-bond donors (Lipinski definition) is 2. The van der Waals surface area contributed by atoms with Crippen LogP contribution >= 0.6 is 0 Å². The Morgan fingerprint density at radius 1 is 0.511 bits per heavy atom. The third-order valence-corrected chi connectivity index (χ3v) is 9.06. The summed E-state index contributed by atoms with van der Waals surface area (Å²) in [6.45, 7) is 9.45. The first-order valence-corrected chi connectivity index (χ1v) is 17.1. The molecule has 5 rings (SSSR count). The molecular weight excluding hydrogens is 556 g/mol. The molecular formula is C41H50O4. The van der Waals surface area contributed by atoms with E-state index < -0.39 is 5.41 Å². The van der Waals surface area contributed by atoms with Gasteiger partial charge in [-0.05, 0) is 81.3 Å². The molecule has 0 amide bonds. The first-order valence-electron chi connectivity index (χ1n) is 17.1. The van der Waals surface area contributed by atoms with Gasteiger partial charge in [0, 0.05) is 0 Å². The molecule has 45 heavy (non-hydrogen) atoms. The van der Waals surface area contributed by atoms with Crippen molar-refractivity contribution >= 4 is 0 Å². The van der Waals surface area contributed by atoms with Crippen LogP contribution in [-0.2, 0) is 31.1 Å². The minimum atomic E-state index is -0.534. The van der Waals surface area contributed by atoms with Crippen molar-refractivity contribution in [2.24, 2.45) is 0 Å². The zero-order valence-electron chi connectivity index (χ0n) is 27.6. The molecule has 1 aliphatic carbocycles. The molecule has 4 aromatic carbocycles. The van der Waals surface area contributed by atoms with Gasteiger partial charge in [-0.2, -0.15) is 0 Å². The molecule has 4 nitrogen and oxygen atoms in total. The normalized spacial score (nSPS) is 13.0. The number of aliphatic hydroxyl groups excluding tert-OH is 2. The molecule has 0 fully saturated rings. The number of hydrogen-bond acceptors (Lipinski definition) is 4. The maximum absolute atomic E-state index is 9.67. The van der Waals surface area contributed by atoms with Crippen LogP contribution in [-0.4, -0.2) is 36.6 Å². The molecule has 2 N–H and O–H groups in total. The lowest BCUT2D eigenvalue weighted by atomic mass is 9.66. The van der Waals surface area contributed by atoms with Crippen LogP contribution in [0.15, 0.2) is 72.8 Å². The fraction of sp³-hybridized carbons (Fsp3) is 0.415. The number of ether oxygens (including phenoxy) is 2. The Morgan fingerprint density at radius 3 is 1.16 bits per heavy atom. The molecule has 0 spiro atoms. The average Bonchev–Trinajstić information content (AvgIpc) is 3.35. The van der Waals surface area contributed by atoms with Crippen molar-refractivity contribution in [1.29, 1.82) is 0 Å². The Hall–Kier alpha value is -3.60. The number of aliphatic hydroxyl groups is 2. The van der Waals surface area contributed by atoms with Crippen LogP contribution in [0.4, 0.5) is 0 Å². The average molecular weight is 607 g/mol. The van der Waals surface area contributed by atoms with Gasteiger partial charge >= 0.3 is 0 Å². The van der Waals surface area contributed by atoms with Gasteiger partial charge in [0.2, 0.25) is 0 Å². The van der Waals surface area contributed by atoms with E-state index in [9.17, 15) is 10.2 Å². The summed E-state index contributed by atoms with van der Waals surface area (Å²) in [5.41, 5.74) is 12.0. The highest BCUT2D eigenvalue weighted by atomic mass is 16.5. The second-order valence-corrected chi connectivity index (χ2v) is 12.2.